The molecule has 1 amide bonds. The summed E-state index contributed by atoms with van der Waals surface area (Å²) in [7, 11) is 1.32. The SMILES string of the molecule is COC(=O)c1ccc(C)c(NC(=O)c2ccc(OCc3cscn3)cc2)c1. The van der Waals surface area contributed by atoms with Crippen LogP contribution in [0, 0.1) is 6.92 Å². The molecule has 1 heterocycles. The minimum atomic E-state index is -0.452. The Kier molecular flexibility index (Phi) is 5.83. The molecule has 0 atom stereocenters. The van der Waals surface area contributed by atoms with Crippen molar-refractivity contribution in [3.8, 4) is 5.75 Å². The zero-order valence-corrected chi connectivity index (χ0v) is 15.7. The number of ether oxygens (including phenoxy) is 2. The fourth-order valence-corrected chi connectivity index (χ4v) is 2.91. The summed E-state index contributed by atoms with van der Waals surface area (Å²) in [5.74, 6) is -0.0679. The Labute approximate surface area is 160 Å². The maximum absolute atomic E-state index is 12.5. The molecule has 0 aliphatic heterocycles. The van der Waals surface area contributed by atoms with Crippen LogP contribution in [-0.4, -0.2) is 24.0 Å². The summed E-state index contributed by atoms with van der Waals surface area (Å²) in [6.45, 7) is 2.24. The number of anilines is 1. The summed E-state index contributed by atoms with van der Waals surface area (Å²) in [5.41, 5.74) is 4.89. The van der Waals surface area contributed by atoms with Gasteiger partial charge in [0.05, 0.1) is 23.9 Å². The molecule has 27 heavy (non-hydrogen) atoms. The van der Waals surface area contributed by atoms with Crippen LogP contribution in [0.4, 0.5) is 5.69 Å². The van der Waals surface area contributed by atoms with Crippen molar-refractivity contribution in [1.29, 1.82) is 0 Å². The number of aromatic nitrogens is 1. The van der Waals surface area contributed by atoms with E-state index in [1.54, 1.807) is 48.0 Å². The van der Waals surface area contributed by atoms with Gasteiger partial charge < -0.3 is 14.8 Å². The van der Waals surface area contributed by atoms with E-state index in [0.29, 0.717) is 29.2 Å². The average molecular weight is 382 g/mol. The topological polar surface area (TPSA) is 77.5 Å². The molecule has 0 spiro atoms. The van der Waals surface area contributed by atoms with Crippen LogP contribution in [0.2, 0.25) is 0 Å². The van der Waals surface area contributed by atoms with Crippen LogP contribution in [0.5, 0.6) is 5.75 Å². The Morgan fingerprint density at radius 1 is 1.11 bits per heavy atom. The summed E-state index contributed by atoms with van der Waals surface area (Å²) < 4.78 is 10.4. The number of hydrogen-bond acceptors (Lipinski definition) is 6. The van der Waals surface area contributed by atoms with Gasteiger partial charge in [-0.1, -0.05) is 6.07 Å². The van der Waals surface area contributed by atoms with Gasteiger partial charge in [0.25, 0.3) is 5.91 Å². The van der Waals surface area contributed by atoms with Gasteiger partial charge in [0.15, 0.2) is 0 Å². The number of rotatable bonds is 6. The number of benzene rings is 2. The Balaban J connectivity index is 1.66. The van der Waals surface area contributed by atoms with Crippen molar-refractivity contribution >= 4 is 28.9 Å². The summed E-state index contributed by atoms with van der Waals surface area (Å²) in [6, 6.07) is 11.9. The van der Waals surface area contributed by atoms with Crippen molar-refractivity contribution in [2.45, 2.75) is 13.5 Å². The quantitative estimate of drug-likeness (QED) is 0.650. The van der Waals surface area contributed by atoms with Gasteiger partial charge in [-0.25, -0.2) is 9.78 Å². The van der Waals surface area contributed by atoms with E-state index < -0.39 is 5.97 Å². The number of hydrogen-bond donors (Lipinski definition) is 1. The number of carbonyl (C=O) groups excluding carboxylic acids is 2. The first kappa shape index (κ1) is 18.6. The van der Waals surface area contributed by atoms with Crippen molar-refractivity contribution in [1.82, 2.24) is 4.98 Å². The summed E-state index contributed by atoms with van der Waals surface area (Å²) in [4.78, 5) is 28.3. The molecule has 0 bridgehead atoms. The van der Waals surface area contributed by atoms with E-state index in [-0.39, 0.29) is 5.91 Å². The summed E-state index contributed by atoms with van der Waals surface area (Å²) in [5, 5.41) is 4.75. The molecular formula is C20H18N2O4S. The first-order chi connectivity index (χ1) is 13.1. The molecule has 0 aliphatic carbocycles. The minimum Gasteiger partial charge on any atom is -0.487 e. The summed E-state index contributed by atoms with van der Waals surface area (Å²) in [6.07, 6.45) is 0. The lowest BCUT2D eigenvalue weighted by atomic mass is 10.1. The molecule has 3 rings (SSSR count). The van der Waals surface area contributed by atoms with Crippen LogP contribution >= 0.6 is 11.3 Å². The van der Waals surface area contributed by atoms with Crippen molar-refractivity contribution in [3.05, 3.63) is 75.7 Å². The standard InChI is InChI=1S/C20H18N2O4S/c1-13-3-4-15(20(24)25-2)9-18(13)22-19(23)14-5-7-17(8-6-14)26-10-16-11-27-12-21-16/h3-9,11-12H,10H2,1-2H3,(H,22,23). The Morgan fingerprint density at radius 2 is 1.85 bits per heavy atom. The molecule has 0 radical (unpaired) electrons. The number of thiazole rings is 1. The van der Waals surface area contributed by atoms with E-state index in [1.165, 1.54) is 18.4 Å². The Morgan fingerprint density at radius 3 is 2.52 bits per heavy atom. The van der Waals surface area contributed by atoms with Gasteiger partial charge in [0.1, 0.15) is 12.4 Å². The third kappa shape index (κ3) is 4.71. The predicted octanol–water partition coefficient (Wildman–Crippen LogP) is 4.07. The number of esters is 1. The smallest absolute Gasteiger partial charge is 0.337 e. The van der Waals surface area contributed by atoms with E-state index in [2.05, 4.69) is 10.3 Å². The predicted molar refractivity (Wildman–Crippen MR) is 103 cm³/mol. The summed E-state index contributed by atoms with van der Waals surface area (Å²) >= 11 is 1.51. The Hall–Kier alpha value is -3.19. The number of amides is 1. The molecule has 0 unspecified atom stereocenters. The van der Waals surface area contributed by atoms with Gasteiger partial charge in [-0.15, -0.1) is 11.3 Å². The first-order valence-electron chi connectivity index (χ1n) is 8.17. The van der Waals surface area contributed by atoms with Gasteiger partial charge in [-0.2, -0.15) is 0 Å². The van der Waals surface area contributed by atoms with Gasteiger partial charge in [0, 0.05) is 16.6 Å². The minimum absolute atomic E-state index is 0.272. The molecule has 138 valence electrons. The molecule has 3 aromatic rings. The lowest BCUT2D eigenvalue weighted by Crippen LogP contribution is -2.13. The second kappa shape index (κ2) is 8.46. The molecule has 1 aromatic heterocycles. The molecular weight excluding hydrogens is 364 g/mol. The number of nitrogens with one attached hydrogen (secondary N) is 1. The molecule has 7 heteroatoms. The lowest BCUT2D eigenvalue weighted by molar-refractivity contribution is 0.0600. The molecule has 2 aromatic carbocycles. The molecule has 0 aliphatic rings. The first-order valence-corrected chi connectivity index (χ1v) is 9.11. The number of carbonyl (C=O) groups is 2. The zero-order chi connectivity index (χ0) is 19.2. The van der Waals surface area contributed by atoms with Crippen LogP contribution < -0.4 is 10.1 Å². The highest BCUT2D eigenvalue weighted by Crippen LogP contribution is 2.20. The van der Waals surface area contributed by atoms with Crippen LogP contribution in [0.1, 0.15) is 32.0 Å². The van der Waals surface area contributed by atoms with Crippen molar-refractivity contribution in [3.63, 3.8) is 0 Å². The van der Waals surface area contributed by atoms with Crippen LogP contribution in [-0.2, 0) is 11.3 Å². The van der Waals surface area contributed by atoms with Crippen molar-refractivity contribution < 1.29 is 19.1 Å². The zero-order valence-electron chi connectivity index (χ0n) is 14.9. The van der Waals surface area contributed by atoms with E-state index in [0.717, 1.165) is 11.3 Å². The van der Waals surface area contributed by atoms with Crippen molar-refractivity contribution in [2.24, 2.45) is 0 Å². The molecule has 6 nitrogen and oxygen atoms in total. The third-order valence-electron chi connectivity index (χ3n) is 3.89. The molecule has 0 fully saturated rings. The van der Waals surface area contributed by atoms with E-state index in [1.807, 2.05) is 12.3 Å². The largest absolute Gasteiger partial charge is 0.487 e. The van der Waals surface area contributed by atoms with Crippen LogP contribution in [0.3, 0.4) is 0 Å². The fourth-order valence-electron chi connectivity index (χ4n) is 2.36. The van der Waals surface area contributed by atoms with Gasteiger partial charge in [-0.05, 0) is 48.9 Å². The monoisotopic (exact) mass is 382 g/mol. The fraction of sp³-hybridized carbons (Fsp3) is 0.150. The second-order valence-corrected chi connectivity index (χ2v) is 6.49. The van der Waals surface area contributed by atoms with Crippen LogP contribution in [0.25, 0.3) is 0 Å². The van der Waals surface area contributed by atoms with E-state index in [4.69, 9.17) is 9.47 Å². The third-order valence-corrected chi connectivity index (χ3v) is 4.53. The van der Waals surface area contributed by atoms with Gasteiger partial charge >= 0.3 is 5.97 Å². The second-order valence-electron chi connectivity index (χ2n) is 5.77. The maximum atomic E-state index is 12.5. The van der Waals surface area contributed by atoms with Crippen LogP contribution in [0.15, 0.2) is 53.4 Å². The molecule has 0 saturated carbocycles. The van der Waals surface area contributed by atoms with E-state index in [9.17, 15) is 9.59 Å². The van der Waals surface area contributed by atoms with Gasteiger partial charge in [0.2, 0.25) is 0 Å². The van der Waals surface area contributed by atoms with Gasteiger partial charge in [-0.3, -0.25) is 4.79 Å². The highest BCUT2D eigenvalue weighted by Gasteiger charge is 2.12. The lowest BCUT2D eigenvalue weighted by Gasteiger charge is -2.11. The normalized spacial score (nSPS) is 10.3. The highest BCUT2D eigenvalue weighted by atomic mass is 32.1. The van der Waals surface area contributed by atoms with Crippen molar-refractivity contribution in [2.75, 3.05) is 12.4 Å². The number of methoxy groups -OCH3 is 1. The number of aryl methyl sites for hydroxylation is 1. The highest BCUT2D eigenvalue weighted by molar-refractivity contribution is 7.07. The van der Waals surface area contributed by atoms with E-state index >= 15 is 0 Å². The average Bonchev–Trinajstić information content (AvgIpc) is 3.21. The molecule has 1 N–H and O–H groups in total. The molecule has 0 saturated heterocycles. The Bertz CT molecular complexity index is 937. The number of nitrogens with zero attached hydrogens (tertiary/aromatic N) is 1. The maximum Gasteiger partial charge on any atom is 0.337 e.